The first kappa shape index (κ1) is 16.3. The Morgan fingerprint density at radius 2 is 1.96 bits per heavy atom. The lowest BCUT2D eigenvalue weighted by Crippen LogP contribution is -2.06. The Balaban J connectivity index is 1.36. The largest absolute Gasteiger partial charge is 0.370 e. The number of nitrogens with one attached hydrogen (secondary N) is 2. The van der Waals surface area contributed by atoms with Gasteiger partial charge in [0.2, 0.25) is 0 Å². The topological polar surface area (TPSA) is 53.6 Å². The number of nitrogens with zero attached hydrogens (tertiary/aromatic N) is 2. The van der Waals surface area contributed by atoms with Gasteiger partial charge >= 0.3 is 0 Å². The molecule has 4 rings (SSSR count). The van der Waals surface area contributed by atoms with Crippen LogP contribution in [0.15, 0.2) is 67.1 Å². The molecule has 0 amide bonds. The van der Waals surface area contributed by atoms with Gasteiger partial charge in [0.25, 0.3) is 0 Å². The predicted octanol–water partition coefficient (Wildman–Crippen LogP) is 4.34. The molecular weight excluding hydrogens is 327 g/mol. The Kier molecular flexibility index (Phi) is 4.60. The first-order valence-electron chi connectivity index (χ1n) is 8.62. The third-order valence-corrected chi connectivity index (χ3v) is 4.36. The summed E-state index contributed by atoms with van der Waals surface area (Å²) in [6, 6.07) is 14.8. The summed E-state index contributed by atoms with van der Waals surface area (Å²) in [5.41, 5.74) is 4.24. The average molecular weight is 346 g/mol. The van der Waals surface area contributed by atoms with E-state index in [0.717, 1.165) is 40.8 Å². The Hall–Kier alpha value is -3.21. The number of rotatable bonds is 6. The van der Waals surface area contributed by atoms with E-state index in [1.165, 1.54) is 11.6 Å². The van der Waals surface area contributed by atoms with Crippen LogP contribution >= 0.6 is 0 Å². The highest BCUT2D eigenvalue weighted by Gasteiger charge is 2.05. The highest BCUT2D eigenvalue weighted by atomic mass is 19.1. The molecule has 2 N–H and O–H groups in total. The second-order valence-corrected chi connectivity index (χ2v) is 6.25. The normalized spacial score (nSPS) is 11.0. The second kappa shape index (κ2) is 7.35. The molecule has 0 bridgehead atoms. The first-order valence-corrected chi connectivity index (χ1v) is 8.62. The maximum absolute atomic E-state index is 13.2. The first-order chi connectivity index (χ1) is 12.8. The van der Waals surface area contributed by atoms with Crippen molar-refractivity contribution < 1.29 is 4.39 Å². The molecule has 3 aromatic heterocycles. The van der Waals surface area contributed by atoms with E-state index in [9.17, 15) is 4.39 Å². The van der Waals surface area contributed by atoms with Crippen molar-refractivity contribution in [1.82, 2.24) is 15.0 Å². The number of pyridine rings is 2. The summed E-state index contributed by atoms with van der Waals surface area (Å²) >= 11 is 0. The molecule has 0 unspecified atom stereocenters. The summed E-state index contributed by atoms with van der Waals surface area (Å²) in [6.07, 6.45) is 7.24. The molecule has 4 aromatic rings. The molecule has 0 aliphatic rings. The Labute approximate surface area is 151 Å². The molecule has 4 nitrogen and oxygen atoms in total. The van der Waals surface area contributed by atoms with Gasteiger partial charge in [0, 0.05) is 36.9 Å². The maximum atomic E-state index is 13.2. The number of halogens is 1. The number of hydrogen-bond acceptors (Lipinski definition) is 3. The molecule has 0 saturated heterocycles. The maximum Gasteiger partial charge on any atom is 0.137 e. The third kappa shape index (κ3) is 3.72. The number of aromatic amines is 1. The van der Waals surface area contributed by atoms with Crippen LogP contribution in [0.4, 0.5) is 10.2 Å². The van der Waals surface area contributed by atoms with Crippen molar-refractivity contribution in [1.29, 1.82) is 0 Å². The number of H-pyrrole nitrogens is 1. The molecule has 26 heavy (non-hydrogen) atoms. The van der Waals surface area contributed by atoms with Gasteiger partial charge in [-0.15, -0.1) is 0 Å². The fourth-order valence-electron chi connectivity index (χ4n) is 3.04. The summed E-state index contributed by atoms with van der Waals surface area (Å²) in [7, 11) is 0. The Morgan fingerprint density at radius 1 is 1.00 bits per heavy atom. The highest BCUT2D eigenvalue weighted by Crippen LogP contribution is 2.19. The van der Waals surface area contributed by atoms with Gasteiger partial charge in [0.15, 0.2) is 0 Å². The minimum absolute atomic E-state index is 0.197. The van der Waals surface area contributed by atoms with Crippen LogP contribution in [-0.4, -0.2) is 21.5 Å². The number of fused-ring (bicyclic) bond motifs is 1. The predicted molar refractivity (Wildman–Crippen MR) is 102 cm³/mol. The second-order valence-electron chi connectivity index (χ2n) is 6.25. The number of aromatic nitrogens is 3. The summed E-state index contributed by atoms with van der Waals surface area (Å²) < 4.78 is 13.2. The van der Waals surface area contributed by atoms with Gasteiger partial charge < -0.3 is 10.3 Å². The van der Waals surface area contributed by atoms with Crippen LogP contribution in [0.3, 0.4) is 0 Å². The van der Waals surface area contributed by atoms with E-state index in [1.54, 1.807) is 18.3 Å². The summed E-state index contributed by atoms with van der Waals surface area (Å²) in [5.74, 6) is 0.628. The average Bonchev–Trinajstić information content (AvgIpc) is 3.06. The molecule has 0 atom stereocenters. The molecule has 0 fully saturated rings. The molecule has 0 aliphatic heterocycles. The quantitative estimate of drug-likeness (QED) is 0.546. The molecular formula is C21H19FN4. The van der Waals surface area contributed by atoms with Crippen molar-refractivity contribution >= 4 is 16.9 Å². The zero-order chi connectivity index (χ0) is 17.8. The van der Waals surface area contributed by atoms with Gasteiger partial charge in [-0.1, -0.05) is 18.2 Å². The monoisotopic (exact) mass is 346 g/mol. The summed E-state index contributed by atoms with van der Waals surface area (Å²) in [5, 5.41) is 4.42. The lowest BCUT2D eigenvalue weighted by Gasteiger charge is -2.07. The SMILES string of the molecule is Fc1cccc(CCNc2ccc(Cc3c[nH]c4ncccc34)cn2)c1. The van der Waals surface area contributed by atoms with Crippen molar-refractivity contribution in [3.8, 4) is 0 Å². The molecule has 0 aliphatic carbocycles. The molecule has 0 spiro atoms. The van der Waals surface area contributed by atoms with Crippen molar-refractivity contribution in [3.05, 3.63) is 89.6 Å². The number of hydrogen-bond donors (Lipinski definition) is 2. The van der Waals surface area contributed by atoms with E-state index < -0.39 is 0 Å². The lowest BCUT2D eigenvalue weighted by atomic mass is 10.1. The van der Waals surface area contributed by atoms with Crippen LogP contribution < -0.4 is 5.32 Å². The molecule has 1 aromatic carbocycles. The van der Waals surface area contributed by atoms with Gasteiger partial charge in [-0.3, -0.25) is 0 Å². The van der Waals surface area contributed by atoms with E-state index >= 15 is 0 Å². The van der Waals surface area contributed by atoms with Gasteiger partial charge in [0.1, 0.15) is 17.3 Å². The fraction of sp³-hybridized carbons (Fsp3) is 0.143. The fourth-order valence-corrected chi connectivity index (χ4v) is 3.04. The van der Waals surface area contributed by atoms with E-state index in [2.05, 4.69) is 32.4 Å². The summed E-state index contributed by atoms with van der Waals surface area (Å²) in [4.78, 5) is 12.0. The van der Waals surface area contributed by atoms with E-state index in [-0.39, 0.29) is 5.82 Å². The van der Waals surface area contributed by atoms with Gasteiger partial charge in [0.05, 0.1) is 0 Å². The molecule has 0 radical (unpaired) electrons. The third-order valence-electron chi connectivity index (χ3n) is 4.36. The standard InChI is InChI=1S/C21H19FN4/c22-18-4-1-3-15(12-18)8-10-23-20-7-6-16(13-25-20)11-17-14-26-21-19(17)5-2-9-24-21/h1-7,9,12-14H,8,10-11H2,(H,23,25)(H,24,26). The van der Waals surface area contributed by atoms with E-state index in [4.69, 9.17) is 0 Å². The number of benzene rings is 1. The summed E-state index contributed by atoms with van der Waals surface area (Å²) in [6.45, 7) is 0.712. The van der Waals surface area contributed by atoms with Crippen LogP contribution in [-0.2, 0) is 12.8 Å². The van der Waals surface area contributed by atoms with Crippen LogP contribution in [0.25, 0.3) is 11.0 Å². The van der Waals surface area contributed by atoms with Gasteiger partial charge in [-0.25, -0.2) is 14.4 Å². The van der Waals surface area contributed by atoms with Crippen molar-refractivity contribution in [2.75, 3.05) is 11.9 Å². The molecule has 0 saturated carbocycles. The zero-order valence-corrected chi connectivity index (χ0v) is 14.2. The van der Waals surface area contributed by atoms with Crippen LogP contribution in [0.2, 0.25) is 0 Å². The van der Waals surface area contributed by atoms with Crippen LogP contribution in [0.5, 0.6) is 0 Å². The molecule has 5 heteroatoms. The van der Waals surface area contributed by atoms with Crippen molar-refractivity contribution in [2.24, 2.45) is 0 Å². The van der Waals surface area contributed by atoms with Crippen molar-refractivity contribution in [2.45, 2.75) is 12.8 Å². The van der Waals surface area contributed by atoms with Crippen LogP contribution in [0.1, 0.15) is 16.7 Å². The Bertz CT molecular complexity index is 1010. The number of anilines is 1. The minimum Gasteiger partial charge on any atom is -0.370 e. The lowest BCUT2D eigenvalue weighted by molar-refractivity contribution is 0.625. The molecule has 3 heterocycles. The smallest absolute Gasteiger partial charge is 0.137 e. The zero-order valence-electron chi connectivity index (χ0n) is 14.2. The minimum atomic E-state index is -0.197. The van der Waals surface area contributed by atoms with Crippen LogP contribution in [0, 0.1) is 5.82 Å². The molecule has 130 valence electrons. The van der Waals surface area contributed by atoms with Gasteiger partial charge in [-0.05, 0) is 53.4 Å². The Morgan fingerprint density at radius 3 is 2.81 bits per heavy atom. The van der Waals surface area contributed by atoms with E-state index in [0.29, 0.717) is 6.54 Å². The van der Waals surface area contributed by atoms with Gasteiger partial charge in [-0.2, -0.15) is 0 Å². The van der Waals surface area contributed by atoms with Crippen molar-refractivity contribution in [3.63, 3.8) is 0 Å². The van der Waals surface area contributed by atoms with E-state index in [1.807, 2.05) is 30.6 Å². The highest BCUT2D eigenvalue weighted by molar-refractivity contribution is 5.79.